The van der Waals surface area contributed by atoms with E-state index in [0.717, 1.165) is 0 Å². The molecule has 1 aliphatic heterocycles. The second-order valence-corrected chi connectivity index (χ2v) is 2.71. The molecule has 6 heteroatoms. The molecule has 13 heavy (non-hydrogen) atoms. The average molecular weight is 191 g/mol. The van der Waals surface area contributed by atoms with Crippen molar-refractivity contribution in [2.75, 3.05) is 13.9 Å². The van der Waals surface area contributed by atoms with Gasteiger partial charge in [-0.15, -0.1) is 0 Å². The highest BCUT2D eigenvalue weighted by Gasteiger charge is 2.30. The van der Waals surface area contributed by atoms with E-state index in [-0.39, 0.29) is 6.79 Å². The van der Waals surface area contributed by atoms with Gasteiger partial charge < -0.3 is 19.3 Å². The summed E-state index contributed by atoms with van der Waals surface area (Å²) in [6, 6.07) is -0.824. The van der Waals surface area contributed by atoms with Crippen LogP contribution < -0.4 is 5.32 Å². The highest BCUT2D eigenvalue weighted by atomic mass is 16.9. The van der Waals surface area contributed by atoms with Gasteiger partial charge in [0.15, 0.2) is 6.79 Å². The molecule has 2 N–H and O–H groups in total. The molecule has 0 aromatic carbocycles. The molecule has 2 atom stereocenters. The number of ether oxygens (including phenoxy) is 3. The van der Waals surface area contributed by atoms with Gasteiger partial charge in [0, 0.05) is 7.11 Å². The lowest BCUT2D eigenvalue weighted by Gasteiger charge is -2.31. The first kappa shape index (κ1) is 10.4. The molecule has 0 aliphatic carbocycles. The zero-order chi connectivity index (χ0) is 9.84. The molecule has 0 saturated carbocycles. The van der Waals surface area contributed by atoms with Crippen molar-refractivity contribution in [2.24, 2.45) is 0 Å². The van der Waals surface area contributed by atoms with Crippen LogP contribution in [0.3, 0.4) is 0 Å². The minimum Gasteiger partial charge on any atom is -0.480 e. The Morgan fingerprint density at radius 2 is 2.31 bits per heavy atom. The maximum Gasteiger partial charge on any atom is 0.323 e. The summed E-state index contributed by atoms with van der Waals surface area (Å²) in [6.45, 7) is 1.86. The van der Waals surface area contributed by atoms with Gasteiger partial charge in [-0.05, 0) is 6.92 Å². The predicted octanol–water partition coefficient (Wildman–Crippen LogP) is -0.648. The molecule has 0 amide bonds. The van der Waals surface area contributed by atoms with E-state index in [2.05, 4.69) is 5.32 Å². The van der Waals surface area contributed by atoms with Gasteiger partial charge in [0.2, 0.25) is 6.41 Å². The molecule has 1 rings (SSSR count). The first-order valence-corrected chi connectivity index (χ1v) is 3.90. The lowest BCUT2D eigenvalue weighted by Crippen LogP contribution is -2.55. The number of carboxylic acid groups (broad SMARTS) is 1. The molecule has 0 spiro atoms. The third-order valence-corrected chi connectivity index (χ3v) is 1.86. The molecular weight excluding hydrogens is 178 g/mol. The summed E-state index contributed by atoms with van der Waals surface area (Å²) < 4.78 is 14.6. The SMILES string of the molecule is CO[C@H](C)[C@@H](NC1OCO1)C(=O)O. The molecule has 0 unspecified atom stereocenters. The highest BCUT2D eigenvalue weighted by Crippen LogP contribution is 2.07. The summed E-state index contributed by atoms with van der Waals surface area (Å²) in [5.41, 5.74) is 0. The summed E-state index contributed by atoms with van der Waals surface area (Å²) in [7, 11) is 1.45. The molecule has 76 valence electrons. The number of carboxylic acids is 1. The summed E-state index contributed by atoms with van der Waals surface area (Å²) in [5, 5.41) is 11.4. The lowest BCUT2D eigenvalue weighted by atomic mass is 10.2. The van der Waals surface area contributed by atoms with Crippen molar-refractivity contribution in [1.82, 2.24) is 5.32 Å². The van der Waals surface area contributed by atoms with Gasteiger partial charge in [-0.1, -0.05) is 0 Å². The Labute approximate surface area is 75.8 Å². The zero-order valence-corrected chi connectivity index (χ0v) is 7.52. The standard InChI is InChI=1S/C7H13NO5/c1-4(11-2)5(6(9)10)8-7-12-3-13-7/h4-5,7-8H,3H2,1-2H3,(H,9,10)/t4-,5-/m1/s1. The molecule has 0 aromatic rings. The summed E-state index contributed by atoms with van der Waals surface area (Å²) in [4.78, 5) is 10.7. The molecular formula is C7H13NO5. The van der Waals surface area contributed by atoms with Gasteiger partial charge in [0.25, 0.3) is 0 Å². The molecule has 6 nitrogen and oxygen atoms in total. The van der Waals surface area contributed by atoms with Crippen molar-refractivity contribution in [3.63, 3.8) is 0 Å². The van der Waals surface area contributed by atoms with Gasteiger partial charge >= 0.3 is 5.97 Å². The van der Waals surface area contributed by atoms with Crippen molar-refractivity contribution in [3.05, 3.63) is 0 Å². The summed E-state index contributed by atoms with van der Waals surface area (Å²) >= 11 is 0. The molecule has 1 heterocycles. The smallest absolute Gasteiger partial charge is 0.323 e. The van der Waals surface area contributed by atoms with Crippen molar-refractivity contribution in [2.45, 2.75) is 25.5 Å². The van der Waals surface area contributed by atoms with Gasteiger partial charge in [-0.3, -0.25) is 10.1 Å². The predicted molar refractivity (Wildman–Crippen MR) is 41.9 cm³/mol. The van der Waals surface area contributed by atoms with Crippen LogP contribution in [-0.4, -0.2) is 43.5 Å². The van der Waals surface area contributed by atoms with E-state index in [1.54, 1.807) is 6.92 Å². The van der Waals surface area contributed by atoms with Gasteiger partial charge in [0.1, 0.15) is 6.04 Å². The lowest BCUT2D eigenvalue weighted by molar-refractivity contribution is -0.336. The summed E-state index contributed by atoms with van der Waals surface area (Å²) in [5.74, 6) is -0.992. The molecule has 0 bridgehead atoms. The number of hydrogen-bond acceptors (Lipinski definition) is 5. The summed E-state index contributed by atoms with van der Waals surface area (Å²) in [6.07, 6.45) is -1.07. The number of methoxy groups -OCH3 is 1. The van der Waals surface area contributed by atoms with E-state index >= 15 is 0 Å². The minimum absolute atomic E-state index is 0.200. The first-order chi connectivity index (χ1) is 6.15. The largest absolute Gasteiger partial charge is 0.480 e. The van der Waals surface area contributed by atoms with E-state index in [9.17, 15) is 4.79 Å². The average Bonchev–Trinajstić information content (AvgIpc) is 2.00. The highest BCUT2D eigenvalue weighted by molar-refractivity contribution is 5.74. The zero-order valence-electron chi connectivity index (χ0n) is 7.52. The maximum absolute atomic E-state index is 10.7. The fourth-order valence-corrected chi connectivity index (χ4v) is 0.923. The Hall–Kier alpha value is -0.690. The van der Waals surface area contributed by atoms with Crippen molar-refractivity contribution in [1.29, 1.82) is 0 Å². The Morgan fingerprint density at radius 3 is 2.62 bits per heavy atom. The van der Waals surface area contributed by atoms with Crippen LogP contribution in [0.1, 0.15) is 6.92 Å². The minimum atomic E-state index is -0.992. The maximum atomic E-state index is 10.7. The molecule has 1 aliphatic rings. The Morgan fingerprint density at radius 1 is 1.69 bits per heavy atom. The third kappa shape index (κ3) is 2.63. The first-order valence-electron chi connectivity index (χ1n) is 3.90. The molecule has 0 radical (unpaired) electrons. The van der Waals surface area contributed by atoms with Crippen LogP contribution in [0, 0.1) is 0 Å². The number of hydrogen-bond donors (Lipinski definition) is 2. The van der Waals surface area contributed by atoms with Crippen LogP contribution in [-0.2, 0) is 19.0 Å². The fourth-order valence-electron chi connectivity index (χ4n) is 0.923. The van der Waals surface area contributed by atoms with Crippen LogP contribution >= 0.6 is 0 Å². The third-order valence-electron chi connectivity index (χ3n) is 1.86. The van der Waals surface area contributed by atoms with Crippen LogP contribution in [0.2, 0.25) is 0 Å². The van der Waals surface area contributed by atoms with Gasteiger partial charge in [0.05, 0.1) is 6.10 Å². The Balaban J connectivity index is 2.41. The fraction of sp³-hybridized carbons (Fsp3) is 0.857. The number of aliphatic carboxylic acids is 1. The monoisotopic (exact) mass is 191 g/mol. The van der Waals surface area contributed by atoms with Crippen LogP contribution in [0.25, 0.3) is 0 Å². The molecule has 1 saturated heterocycles. The number of nitrogens with one attached hydrogen (secondary N) is 1. The van der Waals surface area contributed by atoms with Crippen LogP contribution in [0.5, 0.6) is 0 Å². The van der Waals surface area contributed by atoms with E-state index in [4.69, 9.17) is 19.3 Å². The number of carbonyl (C=O) groups is 1. The Kier molecular flexibility index (Phi) is 3.61. The van der Waals surface area contributed by atoms with Gasteiger partial charge in [-0.2, -0.15) is 0 Å². The quantitative estimate of drug-likeness (QED) is 0.601. The normalized spacial score (nSPS) is 22.0. The van der Waals surface area contributed by atoms with Gasteiger partial charge in [-0.25, -0.2) is 0 Å². The van der Waals surface area contributed by atoms with E-state index in [1.165, 1.54) is 7.11 Å². The molecule has 1 fully saturated rings. The van der Waals surface area contributed by atoms with Crippen LogP contribution in [0.4, 0.5) is 0 Å². The van der Waals surface area contributed by atoms with E-state index < -0.39 is 24.5 Å². The Bertz CT molecular complexity index is 182. The van der Waals surface area contributed by atoms with Crippen molar-refractivity contribution >= 4 is 5.97 Å². The van der Waals surface area contributed by atoms with Crippen molar-refractivity contribution in [3.8, 4) is 0 Å². The second-order valence-electron chi connectivity index (χ2n) is 2.71. The van der Waals surface area contributed by atoms with Crippen molar-refractivity contribution < 1.29 is 24.1 Å². The number of rotatable bonds is 5. The van der Waals surface area contributed by atoms with Crippen LogP contribution in [0.15, 0.2) is 0 Å². The topological polar surface area (TPSA) is 77.0 Å². The second kappa shape index (κ2) is 4.52. The van der Waals surface area contributed by atoms with E-state index in [1.807, 2.05) is 0 Å². The molecule has 0 aromatic heterocycles. The van der Waals surface area contributed by atoms with E-state index in [0.29, 0.717) is 0 Å².